The predicted molar refractivity (Wildman–Crippen MR) is 239 cm³/mol. The molecule has 13 rings (SSSR count). The van der Waals surface area contributed by atoms with Gasteiger partial charge in [-0.3, -0.25) is 4.90 Å². The van der Waals surface area contributed by atoms with E-state index >= 15 is 0 Å². The maximum absolute atomic E-state index is 7.52. The molecule has 8 aromatic rings. The van der Waals surface area contributed by atoms with Gasteiger partial charge < -0.3 is 8.90 Å². The van der Waals surface area contributed by atoms with Crippen molar-refractivity contribution in [2.45, 2.75) is 110 Å². The minimum absolute atomic E-state index is 0.0308. The van der Waals surface area contributed by atoms with Crippen molar-refractivity contribution in [3.8, 4) is 11.1 Å². The molecular formula is C51H47BN2OS. The lowest BCUT2D eigenvalue weighted by Crippen LogP contribution is -2.56. The summed E-state index contributed by atoms with van der Waals surface area (Å²) in [7, 11) is 0. The van der Waals surface area contributed by atoms with Crippen LogP contribution < -0.4 is 15.8 Å². The number of fused-ring (bicyclic) bond motifs is 5. The van der Waals surface area contributed by atoms with E-state index in [4.69, 9.17) is 4.42 Å². The summed E-state index contributed by atoms with van der Waals surface area (Å²) in [5.41, 5.74) is 21.7. The van der Waals surface area contributed by atoms with E-state index in [9.17, 15) is 0 Å². The average Bonchev–Trinajstić information content (AvgIpc) is 3.82. The highest BCUT2D eigenvalue weighted by atomic mass is 32.1. The van der Waals surface area contributed by atoms with E-state index in [1.165, 1.54) is 122 Å². The van der Waals surface area contributed by atoms with E-state index in [2.05, 4.69) is 144 Å². The molecule has 3 nitrogen and oxygen atoms in total. The van der Waals surface area contributed by atoms with Crippen LogP contribution in [0, 0.1) is 13.8 Å². The standard InChI is InChI=1S/C51H47BN2OS/c1-26-19-31-29-11-10-12-30-44(29)54-45-33-22-28(13-14-41(33)56-46(30)45)51(9)18-17-50(7,8)36-25-40-32(23-37(36)51)43-47(55-40)53(39(20-26)42(31)52(43)54)38-24-35-34(21-27(38)2)48(3,4)15-16-49(35,5)6/h10-14,19-25H,15-18H2,1-9H3. The summed E-state index contributed by atoms with van der Waals surface area (Å²) in [6.07, 6.45) is 4.63. The molecule has 4 bridgehead atoms. The second-order valence-corrected chi connectivity index (χ2v) is 21.5. The third kappa shape index (κ3) is 3.61. The molecule has 3 aliphatic heterocycles. The monoisotopic (exact) mass is 746 g/mol. The Bertz CT molecular complexity index is 3180. The second-order valence-electron chi connectivity index (χ2n) is 20.4. The lowest BCUT2D eigenvalue weighted by Gasteiger charge is -2.44. The summed E-state index contributed by atoms with van der Waals surface area (Å²) in [5, 5.41) is 4.03. The maximum Gasteiger partial charge on any atom is 0.337 e. The zero-order chi connectivity index (χ0) is 38.2. The quantitative estimate of drug-likeness (QED) is 0.156. The number of rotatable bonds is 1. The predicted octanol–water partition coefficient (Wildman–Crippen LogP) is 12.8. The average molecular weight is 747 g/mol. The van der Waals surface area contributed by atoms with E-state index < -0.39 is 0 Å². The second kappa shape index (κ2) is 9.68. The van der Waals surface area contributed by atoms with Gasteiger partial charge in [0.1, 0.15) is 5.58 Å². The molecule has 0 radical (unpaired) electrons. The number of aryl methyl sites for hydroxylation is 2. The normalized spacial score (nSPS) is 21.4. The van der Waals surface area contributed by atoms with Crippen LogP contribution >= 0.6 is 11.3 Å². The first-order valence-electron chi connectivity index (χ1n) is 20.9. The van der Waals surface area contributed by atoms with Crippen LogP contribution in [0.15, 0.2) is 77.2 Å². The molecular weight excluding hydrogens is 699 g/mol. The van der Waals surface area contributed by atoms with Gasteiger partial charge in [0.2, 0.25) is 5.88 Å². The molecule has 0 saturated heterocycles. The molecule has 0 saturated carbocycles. The molecule has 0 spiro atoms. The summed E-state index contributed by atoms with van der Waals surface area (Å²) >= 11 is 1.98. The lowest BCUT2D eigenvalue weighted by atomic mass is 9.45. The molecule has 5 heteroatoms. The van der Waals surface area contributed by atoms with Crippen LogP contribution in [0.2, 0.25) is 0 Å². The van der Waals surface area contributed by atoms with Gasteiger partial charge in [0.25, 0.3) is 0 Å². The topological polar surface area (TPSA) is 21.3 Å². The van der Waals surface area contributed by atoms with Crippen molar-refractivity contribution < 1.29 is 4.42 Å². The van der Waals surface area contributed by atoms with Crippen LogP contribution in [0.5, 0.6) is 0 Å². The van der Waals surface area contributed by atoms with E-state index in [0.717, 1.165) is 24.3 Å². The van der Waals surface area contributed by atoms with E-state index in [1.54, 1.807) is 0 Å². The van der Waals surface area contributed by atoms with Gasteiger partial charge in [-0.25, -0.2) is 0 Å². The van der Waals surface area contributed by atoms with Gasteiger partial charge in [0.05, 0.1) is 15.9 Å². The van der Waals surface area contributed by atoms with Crippen molar-refractivity contribution in [1.82, 2.24) is 4.48 Å². The van der Waals surface area contributed by atoms with Crippen LogP contribution in [0.25, 0.3) is 53.3 Å². The fourth-order valence-corrected chi connectivity index (χ4v) is 13.5. The van der Waals surface area contributed by atoms with Gasteiger partial charge in [0.15, 0.2) is 0 Å². The lowest BCUT2D eigenvalue weighted by molar-refractivity contribution is 0.332. The molecule has 5 aromatic carbocycles. The summed E-state index contributed by atoms with van der Waals surface area (Å²) in [4.78, 5) is 2.56. The Labute approximate surface area is 333 Å². The van der Waals surface area contributed by atoms with Crippen molar-refractivity contribution in [3.05, 3.63) is 112 Å². The maximum atomic E-state index is 7.52. The molecule has 0 N–H and O–H groups in total. The largest absolute Gasteiger partial charge is 0.440 e. The molecule has 1 atom stereocenters. The number of para-hydroxylation sites is 1. The van der Waals surface area contributed by atoms with Crippen LogP contribution in [0.1, 0.15) is 113 Å². The van der Waals surface area contributed by atoms with Crippen LogP contribution in [-0.4, -0.2) is 11.3 Å². The van der Waals surface area contributed by atoms with Gasteiger partial charge in [0, 0.05) is 48.5 Å². The SMILES string of the molecule is Cc1cc2c3c(c1)N(c1cc4c(cc1C)C(C)(C)CCC4(C)C)c1oc4cc5c6cc4c1B3n1c3c-2cccc3c2sc3ccc(cc3c21)C6(C)CCC5(C)C. The molecule has 1 unspecified atom stereocenters. The number of anilines is 3. The Hall–Kier alpha value is -4.74. The van der Waals surface area contributed by atoms with Gasteiger partial charge in [-0.2, -0.15) is 0 Å². The Kier molecular flexibility index (Phi) is 5.59. The first kappa shape index (κ1) is 32.4. The number of hydrogen-bond donors (Lipinski definition) is 0. The number of thiophene rings is 1. The third-order valence-corrected chi connectivity index (χ3v) is 16.9. The van der Waals surface area contributed by atoms with Gasteiger partial charge in [-0.05, 0) is 142 Å². The summed E-state index contributed by atoms with van der Waals surface area (Å²) in [5.74, 6) is 0.985. The molecule has 5 aliphatic rings. The van der Waals surface area contributed by atoms with Gasteiger partial charge in [-0.1, -0.05) is 84.9 Å². The van der Waals surface area contributed by atoms with Crippen molar-refractivity contribution in [3.63, 3.8) is 0 Å². The molecule has 276 valence electrons. The van der Waals surface area contributed by atoms with Crippen LogP contribution in [-0.2, 0) is 21.7 Å². The highest BCUT2D eigenvalue weighted by Gasteiger charge is 2.49. The number of nitrogens with zero attached hydrogens (tertiary/aromatic N) is 2. The van der Waals surface area contributed by atoms with Gasteiger partial charge in [-0.15, -0.1) is 11.3 Å². The molecule has 6 heterocycles. The summed E-state index contributed by atoms with van der Waals surface area (Å²) in [6, 6.07) is 29.6. The zero-order valence-electron chi connectivity index (χ0n) is 34.0. The number of hydrogen-bond acceptors (Lipinski definition) is 3. The van der Waals surface area contributed by atoms with Crippen LogP contribution in [0.3, 0.4) is 0 Å². The van der Waals surface area contributed by atoms with Crippen molar-refractivity contribution in [1.29, 1.82) is 0 Å². The number of furan rings is 1. The molecule has 56 heavy (non-hydrogen) atoms. The summed E-state index contributed by atoms with van der Waals surface area (Å²) < 4.78 is 13.1. The molecule has 3 aromatic heterocycles. The number of benzene rings is 5. The van der Waals surface area contributed by atoms with E-state index in [1.807, 2.05) is 11.3 Å². The molecule has 0 amide bonds. The fourth-order valence-electron chi connectivity index (χ4n) is 12.3. The van der Waals surface area contributed by atoms with E-state index in [-0.39, 0.29) is 28.5 Å². The Morgan fingerprint density at radius 3 is 2.14 bits per heavy atom. The van der Waals surface area contributed by atoms with Crippen molar-refractivity contribution >= 4 is 88.5 Å². The third-order valence-electron chi connectivity index (χ3n) is 15.7. The minimum atomic E-state index is -0.115. The highest BCUT2D eigenvalue weighted by molar-refractivity contribution is 7.27. The fraction of sp³-hybridized carbons (Fsp3) is 0.333. The number of aromatic nitrogens is 1. The molecule has 2 aliphatic carbocycles. The minimum Gasteiger partial charge on any atom is -0.440 e. The van der Waals surface area contributed by atoms with Crippen LogP contribution in [0.4, 0.5) is 17.3 Å². The first-order valence-corrected chi connectivity index (χ1v) is 21.7. The Morgan fingerprint density at radius 2 is 1.36 bits per heavy atom. The van der Waals surface area contributed by atoms with Gasteiger partial charge >= 0.3 is 6.85 Å². The van der Waals surface area contributed by atoms with E-state index in [0.29, 0.717) is 0 Å². The smallest absolute Gasteiger partial charge is 0.337 e. The highest BCUT2D eigenvalue weighted by Crippen LogP contribution is 2.56. The summed E-state index contributed by atoms with van der Waals surface area (Å²) in [6.45, 7) is 21.8. The zero-order valence-corrected chi connectivity index (χ0v) is 34.9. The first-order chi connectivity index (χ1) is 26.7. The Morgan fingerprint density at radius 1 is 0.625 bits per heavy atom. The van der Waals surface area contributed by atoms with Crippen molar-refractivity contribution in [2.24, 2.45) is 0 Å². The van der Waals surface area contributed by atoms with Crippen molar-refractivity contribution in [2.75, 3.05) is 4.90 Å². The Balaban J connectivity index is 1.25. The molecule has 0 fully saturated rings.